The summed E-state index contributed by atoms with van der Waals surface area (Å²) in [6.45, 7) is 1.48. The van der Waals surface area contributed by atoms with Crippen molar-refractivity contribution in [1.29, 1.82) is 0 Å². The van der Waals surface area contributed by atoms with Crippen LogP contribution in [0.15, 0.2) is 46.9 Å². The zero-order valence-electron chi connectivity index (χ0n) is 16.4. The fourth-order valence-corrected chi connectivity index (χ4v) is 4.62. The molecule has 1 aliphatic heterocycles. The summed E-state index contributed by atoms with van der Waals surface area (Å²) < 4.78 is 33.0. The summed E-state index contributed by atoms with van der Waals surface area (Å²) in [7, 11) is 0. The van der Waals surface area contributed by atoms with E-state index in [-0.39, 0.29) is 23.3 Å². The van der Waals surface area contributed by atoms with E-state index >= 15 is 0 Å². The standard InChI is InChI=1S/C23H24F2N2OS/c1-29-26-13-15-6-5-11-27(14-15)23(28)19-12-18(19)16-7-2-3-8-17(16)22-20(24)9-4-10-21(22)25/h2-4,7-10,13,15,18-19H,5-6,11-12,14H2,1H3/t15?,18-,19+/m0/s1. The molecular weight excluding hydrogens is 390 g/mol. The Morgan fingerprint density at radius 1 is 1.17 bits per heavy atom. The summed E-state index contributed by atoms with van der Waals surface area (Å²) >= 11 is 1.43. The number of nitrogens with zero attached hydrogens (tertiary/aromatic N) is 2. The molecule has 2 aromatic rings. The molecule has 3 atom stereocenters. The monoisotopic (exact) mass is 414 g/mol. The molecule has 29 heavy (non-hydrogen) atoms. The van der Waals surface area contributed by atoms with E-state index in [4.69, 9.17) is 0 Å². The van der Waals surface area contributed by atoms with Gasteiger partial charge in [-0.05, 0) is 60.4 Å². The van der Waals surface area contributed by atoms with E-state index in [1.165, 1.54) is 30.1 Å². The largest absolute Gasteiger partial charge is 0.342 e. The maximum Gasteiger partial charge on any atom is 0.226 e. The highest BCUT2D eigenvalue weighted by Crippen LogP contribution is 2.51. The van der Waals surface area contributed by atoms with Crippen LogP contribution in [-0.2, 0) is 4.79 Å². The molecular formula is C23H24F2N2OS. The first-order chi connectivity index (χ1) is 14.1. The summed E-state index contributed by atoms with van der Waals surface area (Å²) in [4.78, 5) is 15.0. The van der Waals surface area contributed by atoms with Gasteiger partial charge in [0.1, 0.15) is 11.6 Å². The molecule has 3 nitrogen and oxygen atoms in total. The van der Waals surface area contributed by atoms with Crippen LogP contribution in [0, 0.1) is 23.5 Å². The van der Waals surface area contributed by atoms with Crippen LogP contribution in [0.4, 0.5) is 8.78 Å². The van der Waals surface area contributed by atoms with E-state index in [0.29, 0.717) is 18.0 Å². The van der Waals surface area contributed by atoms with E-state index in [1.807, 2.05) is 29.5 Å². The molecule has 1 saturated heterocycles. The summed E-state index contributed by atoms with van der Waals surface area (Å²) in [6, 6.07) is 11.2. The number of carbonyl (C=O) groups excluding carboxylic acids is 1. The van der Waals surface area contributed by atoms with Gasteiger partial charge in [-0.15, -0.1) is 0 Å². The first-order valence-electron chi connectivity index (χ1n) is 9.99. The van der Waals surface area contributed by atoms with E-state index < -0.39 is 11.6 Å². The lowest BCUT2D eigenvalue weighted by Crippen LogP contribution is -2.41. The normalized spacial score (nSPS) is 24.1. The number of hydrogen-bond donors (Lipinski definition) is 0. The van der Waals surface area contributed by atoms with Crippen molar-refractivity contribution in [2.45, 2.75) is 25.2 Å². The van der Waals surface area contributed by atoms with Crippen LogP contribution < -0.4 is 0 Å². The molecule has 1 amide bonds. The molecule has 2 aliphatic rings. The topological polar surface area (TPSA) is 32.7 Å². The first kappa shape index (κ1) is 20.1. The third kappa shape index (κ3) is 4.22. The van der Waals surface area contributed by atoms with Gasteiger partial charge in [0.25, 0.3) is 0 Å². The Bertz CT molecular complexity index is 913. The fourth-order valence-electron chi connectivity index (χ4n) is 4.33. The molecule has 0 bridgehead atoms. The Labute approximate surface area is 174 Å². The second-order valence-electron chi connectivity index (χ2n) is 7.76. The number of rotatable bonds is 5. The van der Waals surface area contributed by atoms with Crippen molar-refractivity contribution in [1.82, 2.24) is 4.90 Å². The second-order valence-corrected chi connectivity index (χ2v) is 8.33. The number of benzene rings is 2. The van der Waals surface area contributed by atoms with E-state index in [2.05, 4.69) is 4.40 Å². The summed E-state index contributed by atoms with van der Waals surface area (Å²) in [5, 5.41) is 0. The van der Waals surface area contributed by atoms with E-state index in [9.17, 15) is 13.6 Å². The zero-order chi connectivity index (χ0) is 20.4. The number of halogens is 2. The van der Waals surface area contributed by atoms with Crippen molar-refractivity contribution < 1.29 is 13.6 Å². The van der Waals surface area contributed by atoms with Crippen molar-refractivity contribution in [2.75, 3.05) is 19.3 Å². The number of likely N-dealkylation sites (tertiary alicyclic amines) is 1. The average Bonchev–Trinajstić information content (AvgIpc) is 3.53. The third-order valence-corrected chi connectivity index (χ3v) is 6.18. The van der Waals surface area contributed by atoms with Crippen LogP contribution in [0.3, 0.4) is 0 Å². The fraction of sp³-hybridized carbons (Fsp3) is 0.391. The van der Waals surface area contributed by atoms with Crippen LogP contribution in [0.25, 0.3) is 11.1 Å². The Kier molecular flexibility index (Phi) is 5.99. The molecule has 1 saturated carbocycles. The second kappa shape index (κ2) is 8.66. The van der Waals surface area contributed by atoms with Gasteiger partial charge >= 0.3 is 0 Å². The van der Waals surface area contributed by atoms with Crippen LogP contribution in [0.5, 0.6) is 0 Å². The van der Waals surface area contributed by atoms with Gasteiger partial charge in [0.2, 0.25) is 5.91 Å². The molecule has 0 aromatic heterocycles. The van der Waals surface area contributed by atoms with Gasteiger partial charge in [-0.3, -0.25) is 4.79 Å². The highest BCUT2D eigenvalue weighted by atomic mass is 32.2. The summed E-state index contributed by atoms with van der Waals surface area (Å²) in [5.41, 5.74) is 1.40. The van der Waals surface area contributed by atoms with Crippen LogP contribution in [0.2, 0.25) is 0 Å². The molecule has 4 rings (SSSR count). The first-order valence-corrected chi connectivity index (χ1v) is 11.2. The SMILES string of the molecule is CSN=CC1CCCN(C(=O)[C@@H]2C[C@H]2c2ccccc2-c2c(F)cccc2F)C1. The number of piperidine rings is 1. The van der Waals surface area contributed by atoms with Gasteiger partial charge in [0.05, 0.1) is 5.56 Å². The van der Waals surface area contributed by atoms with Gasteiger partial charge in [0.15, 0.2) is 0 Å². The predicted molar refractivity (Wildman–Crippen MR) is 114 cm³/mol. The maximum absolute atomic E-state index is 14.4. The number of carbonyl (C=O) groups is 1. The van der Waals surface area contributed by atoms with E-state index in [1.54, 1.807) is 12.1 Å². The van der Waals surface area contributed by atoms with Crippen LogP contribution in [-0.4, -0.2) is 36.4 Å². The minimum Gasteiger partial charge on any atom is -0.342 e. The lowest BCUT2D eigenvalue weighted by atomic mass is 9.94. The molecule has 0 radical (unpaired) electrons. The quantitative estimate of drug-likeness (QED) is 0.490. The molecule has 2 aromatic carbocycles. The van der Waals surface area contributed by atoms with Crippen molar-refractivity contribution in [3.05, 3.63) is 59.7 Å². The molecule has 0 spiro atoms. The molecule has 6 heteroatoms. The predicted octanol–water partition coefficient (Wildman–Crippen LogP) is 5.32. The van der Waals surface area contributed by atoms with Crippen molar-refractivity contribution in [3.8, 4) is 11.1 Å². The van der Waals surface area contributed by atoms with Crippen molar-refractivity contribution in [3.63, 3.8) is 0 Å². The lowest BCUT2D eigenvalue weighted by molar-refractivity contribution is -0.134. The molecule has 152 valence electrons. The van der Waals surface area contributed by atoms with Crippen molar-refractivity contribution in [2.24, 2.45) is 16.2 Å². The summed E-state index contributed by atoms with van der Waals surface area (Å²) in [6.07, 6.45) is 6.63. The van der Waals surface area contributed by atoms with E-state index in [0.717, 1.165) is 31.4 Å². The number of hydrogen-bond acceptors (Lipinski definition) is 3. The third-order valence-electron chi connectivity index (χ3n) is 5.85. The smallest absolute Gasteiger partial charge is 0.226 e. The molecule has 1 unspecified atom stereocenters. The minimum absolute atomic E-state index is 0.00693. The van der Waals surface area contributed by atoms with Crippen LogP contribution >= 0.6 is 11.9 Å². The van der Waals surface area contributed by atoms with Gasteiger partial charge < -0.3 is 4.90 Å². The minimum atomic E-state index is -0.576. The molecule has 1 aliphatic carbocycles. The van der Waals surface area contributed by atoms with Gasteiger partial charge in [-0.25, -0.2) is 13.2 Å². The Hall–Kier alpha value is -2.21. The van der Waals surface area contributed by atoms with Gasteiger partial charge in [-0.1, -0.05) is 30.3 Å². The highest BCUT2D eigenvalue weighted by Gasteiger charge is 2.47. The molecule has 0 N–H and O–H groups in total. The molecule has 2 fully saturated rings. The lowest BCUT2D eigenvalue weighted by Gasteiger charge is -2.31. The Morgan fingerprint density at radius 3 is 2.69 bits per heavy atom. The highest BCUT2D eigenvalue weighted by molar-refractivity contribution is 7.97. The van der Waals surface area contributed by atoms with Crippen molar-refractivity contribution >= 4 is 24.1 Å². The summed E-state index contributed by atoms with van der Waals surface area (Å²) in [5.74, 6) is -0.792. The van der Waals surface area contributed by atoms with Crippen LogP contribution in [0.1, 0.15) is 30.7 Å². The van der Waals surface area contributed by atoms with Gasteiger partial charge in [-0.2, -0.15) is 0 Å². The average molecular weight is 415 g/mol. The number of amides is 1. The Morgan fingerprint density at radius 2 is 1.93 bits per heavy atom. The Balaban J connectivity index is 1.53. The molecule has 1 heterocycles. The zero-order valence-corrected chi connectivity index (χ0v) is 17.2. The maximum atomic E-state index is 14.4. The van der Waals surface area contributed by atoms with Gasteiger partial charge in [0, 0.05) is 37.4 Å².